The van der Waals surface area contributed by atoms with Gasteiger partial charge in [0, 0.05) is 18.8 Å². The van der Waals surface area contributed by atoms with E-state index in [9.17, 15) is 5.11 Å². The Bertz CT molecular complexity index is 170. The molecule has 0 aliphatic carbocycles. The minimum Gasteiger partial charge on any atom is -0.394 e. The van der Waals surface area contributed by atoms with Gasteiger partial charge in [-0.25, -0.2) is 0 Å². The molecule has 0 aromatic rings. The maximum atomic E-state index is 9.50. The van der Waals surface area contributed by atoms with Crippen molar-refractivity contribution in [2.75, 3.05) is 26.4 Å². The van der Waals surface area contributed by atoms with Gasteiger partial charge in [0.05, 0.1) is 6.61 Å². The van der Waals surface area contributed by atoms with Crippen molar-refractivity contribution in [2.24, 2.45) is 0 Å². The third-order valence-electron chi connectivity index (χ3n) is 3.62. The number of hydrogen-bond acceptors (Lipinski definition) is 3. The summed E-state index contributed by atoms with van der Waals surface area (Å²) in [5.41, 5.74) is -0.0969. The second-order valence-electron chi connectivity index (χ2n) is 5.10. The van der Waals surface area contributed by atoms with E-state index in [-0.39, 0.29) is 12.1 Å². The second kappa shape index (κ2) is 11.9. The van der Waals surface area contributed by atoms with Crippen LogP contribution in [0.4, 0.5) is 0 Å². The first-order valence-electron chi connectivity index (χ1n) is 7.68. The maximum absolute atomic E-state index is 9.50. The van der Waals surface area contributed by atoms with Gasteiger partial charge in [0.1, 0.15) is 0 Å². The van der Waals surface area contributed by atoms with Crippen LogP contribution < -0.4 is 5.32 Å². The van der Waals surface area contributed by atoms with Crippen LogP contribution in [-0.4, -0.2) is 37.0 Å². The zero-order valence-corrected chi connectivity index (χ0v) is 12.6. The number of aliphatic hydroxyl groups is 1. The zero-order valence-electron chi connectivity index (χ0n) is 12.6. The number of unbranched alkanes of at least 4 members (excludes halogenated alkanes) is 3. The summed E-state index contributed by atoms with van der Waals surface area (Å²) < 4.78 is 5.63. The fourth-order valence-corrected chi connectivity index (χ4v) is 2.26. The Labute approximate surface area is 113 Å². The molecule has 3 nitrogen and oxygen atoms in total. The largest absolute Gasteiger partial charge is 0.394 e. The van der Waals surface area contributed by atoms with Crippen molar-refractivity contribution < 1.29 is 9.84 Å². The van der Waals surface area contributed by atoms with Crippen LogP contribution in [0.25, 0.3) is 0 Å². The van der Waals surface area contributed by atoms with Crippen LogP contribution in [0, 0.1) is 0 Å². The molecule has 0 fully saturated rings. The van der Waals surface area contributed by atoms with Crippen LogP contribution in [-0.2, 0) is 4.74 Å². The lowest BCUT2D eigenvalue weighted by atomic mass is 9.91. The molecule has 1 atom stereocenters. The highest BCUT2D eigenvalue weighted by Crippen LogP contribution is 2.16. The van der Waals surface area contributed by atoms with Crippen molar-refractivity contribution in [1.82, 2.24) is 5.32 Å². The number of aliphatic hydroxyl groups excluding tert-OH is 1. The minimum absolute atomic E-state index is 0.0969. The van der Waals surface area contributed by atoms with Crippen molar-refractivity contribution >= 4 is 0 Å². The summed E-state index contributed by atoms with van der Waals surface area (Å²) in [5, 5.41) is 12.9. The van der Waals surface area contributed by atoms with Gasteiger partial charge >= 0.3 is 0 Å². The Morgan fingerprint density at radius 1 is 1.00 bits per heavy atom. The lowest BCUT2D eigenvalue weighted by Gasteiger charge is -2.31. The monoisotopic (exact) mass is 259 g/mol. The Morgan fingerprint density at radius 3 is 2.28 bits per heavy atom. The Morgan fingerprint density at radius 2 is 1.72 bits per heavy atom. The number of hydrogen-bond donors (Lipinski definition) is 2. The summed E-state index contributed by atoms with van der Waals surface area (Å²) >= 11 is 0. The minimum atomic E-state index is -0.0969. The van der Waals surface area contributed by atoms with Gasteiger partial charge in [0.15, 0.2) is 0 Å². The third-order valence-corrected chi connectivity index (χ3v) is 3.62. The molecule has 0 rings (SSSR count). The average molecular weight is 259 g/mol. The lowest BCUT2D eigenvalue weighted by Crippen LogP contribution is -2.48. The van der Waals surface area contributed by atoms with Crippen LogP contribution in [0.15, 0.2) is 0 Å². The van der Waals surface area contributed by atoms with Gasteiger partial charge in [-0.1, -0.05) is 40.0 Å². The predicted molar refractivity (Wildman–Crippen MR) is 78.0 cm³/mol. The quantitative estimate of drug-likeness (QED) is 0.499. The molecule has 0 spiro atoms. The molecule has 0 saturated heterocycles. The standard InChI is InChI=1S/C15H33NO2/c1-4-7-8-9-12-18-13-10-11-15(5-2,14-17)16-6-3/h16-17H,4-14H2,1-3H3. The highest BCUT2D eigenvalue weighted by Gasteiger charge is 2.25. The molecule has 0 heterocycles. The van der Waals surface area contributed by atoms with E-state index in [2.05, 4.69) is 26.1 Å². The van der Waals surface area contributed by atoms with E-state index in [1.165, 1.54) is 25.7 Å². The summed E-state index contributed by atoms with van der Waals surface area (Å²) in [7, 11) is 0. The predicted octanol–water partition coefficient (Wildman–Crippen LogP) is 3.11. The smallest absolute Gasteiger partial charge is 0.0613 e. The highest BCUT2D eigenvalue weighted by atomic mass is 16.5. The van der Waals surface area contributed by atoms with Crippen LogP contribution in [0.1, 0.15) is 65.7 Å². The van der Waals surface area contributed by atoms with Crippen molar-refractivity contribution in [3.05, 3.63) is 0 Å². The van der Waals surface area contributed by atoms with Crippen molar-refractivity contribution in [1.29, 1.82) is 0 Å². The first kappa shape index (κ1) is 17.9. The summed E-state index contributed by atoms with van der Waals surface area (Å²) in [5.74, 6) is 0. The first-order chi connectivity index (χ1) is 8.74. The summed E-state index contributed by atoms with van der Waals surface area (Å²) in [6, 6.07) is 0. The van der Waals surface area contributed by atoms with E-state index >= 15 is 0 Å². The van der Waals surface area contributed by atoms with E-state index < -0.39 is 0 Å². The molecule has 0 saturated carbocycles. The highest BCUT2D eigenvalue weighted by molar-refractivity contribution is 4.85. The van der Waals surface area contributed by atoms with Gasteiger partial charge in [0.2, 0.25) is 0 Å². The molecular weight excluding hydrogens is 226 g/mol. The molecule has 3 heteroatoms. The molecule has 110 valence electrons. The topological polar surface area (TPSA) is 41.5 Å². The van der Waals surface area contributed by atoms with Gasteiger partial charge in [0.25, 0.3) is 0 Å². The Balaban J connectivity index is 3.55. The van der Waals surface area contributed by atoms with E-state index in [1.54, 1.807) is 0 Å². The number of likely N-dealkylation sites (N-methyl/N-ethyl adjacent to an activating group) is 1. The number of ether oxygens (including phenoxy) is 1. The molecule has 0 aliphatic heterocycles. The number of rotatable bonds is 13. The molecule has 0 aliphatic rings. The SMILES string of the molecule is CCCCCCOCCCC(CC)(CO)NCC. The lowest BCUT2D eigenvalue weighted by molar-refractivity contribution is 0.101. The van der Waals surface area contributed by atoms with Crippen LogP contribution in [0.5, 0.6) is 0 Å². The Hall–Kier alpha value is -0.120. The number of nitrogens with one attached hydrogen (secondary N) is 1. The van der Waals surface area contributed by atoms with Crippen molar-refractivity contribution in [3.63, 3.8) is 0 Å². The fraction of sp³-hybridized carbons (Fsp3) is 1.00. The van der Waals surface area contributed by atoms with Gasteiger partial charge in [-0.15, -0.1) is 0 Å². The molecule has 0 radical (unpaired) electrons. The fourth-order valence-electron chi connectivity index (χ4n) is 2.26. The van der Waals surface area contributed by atoms with Crippen LogP contribution >= 0.6 is 0 Å². The molecule has 0 amide bonds. The molecule has 2 N–H and O–H groups in total. The Kier molecular flexibility index (Phi) is 11.9. The summed E-state index contributed by atoms with van der Waals surface area (Å²) in [4.78, 5) is 0. The van der Waals surface area contributed by atoms with E-state index in [0.29, 0.717) is 0 Å². The third kappa shape index (κ3) is 8.06. The summed E-state index contributed by atoms with van der Waals surface area (Å²) in [6.45, 7) is 9.27. The van der Waals surface area contributed by atoms with E-state index in [0.717, 1.165) is 39.0 Å². The molecule has 0 aromatic heterocycles. The normalized spacial score (nSPS) is 14.7. The van der Waals surface area contributed by atoms with Crippen LogP contribution in [0.3, 0.4) is 0 Å². The second-order valence-corrected chi connectivity index (χ2v) is 5.10. The van der Waals surface area contributed by atoms with Gasteiger partial charge in [-0.3, -0.25) is 0 Å². The molecule has 0 aromatic carbocycles. The molecule has 18 heavy (non-hydrogen) atoms. The van der Waals surface area contributed by atoms with Crippen LogP contribution in [0.2, 0.25) is 0 Å². The van der Waals surface area contributed by atoms with E-state index in [1.807, 2.05) is 0 Å². The zero-order chi connectivity index (χ0) is 13.7. The van der Waals surface area contributed by atoms with Gasteiger partial charge in [-0.05, 0) is 32.2 Å². The van der Waals surface area contributed by atoms with Gasteiger partial charge < -0.3 is 15.2 Å². The first-order valence-corrected chi connectivity index (χ1v) is 7.68. The molecular formula is C15H33NO2. The molecule has 1 unspecified atom stereocenters. The van der Waals surface area contributed by atoms with Crippen molar-refractivity contribution in [3.8, 4) is 0 Å². The average Bonchev–Trinajstić information content (AvgIpc) is 2.40. The maximum Gasteiger partial charge on any atom is 0.0613 e. The molecule has 0 bridgehead atoms. The van der Waals surface area contributed by atoms with E-state index in [4.69, 9.17) is 4.74 Å². The van der Waals surface area contributed by atoms with Crippen molar-refractivity contribution in [2.45, 2.75) is 71.3 Å². The van der Waals surface area contributed by atoms with Gasteiger partial charge in [-0.2, -0.15) is 0 Å². The summed E-state index contributed by atoms with van der Waals surface area (Å²) in [6.07, 6.45) is 8.03.